The Hall–Kier alpha value is -3.42. The smallest absolute Gasteiger partial charge is 0.209 e. The summed E-state index contributed by atoms with van der Waals surface area (Å²) in [5, 5.41) is 29.5. The lowest BCUT2D eigenvalue weighted by Crippen LogP contribution is -2.33. The molecule has 0 unspecified atom stereocenters. The number of nitrogens with one attached hydrogen (secondary N) is 1. The molecule has 0 spiro atoms. The number of imidazole rings is 1. The minimum Gasteiger partial charge on any atom is -0.388 e. The van der Waals surface area contributed by atoms with Crippen molar-refractivity contribution in [3.05, 3.63) is 84.4 Å². The summed E-state index contributed by atoms with van der Waals surface area (Å²) in [6, 6.07) is 20.3. The van der Waals surface area contributed by atoms with Gasteiger partial charge in [-0.15, -0.1) is 0 Å². The van der Waals surface area contributed by atoms with Crippen LogP contribution in [0.4, 0.5) is 5.82 Å². The van der Waals surface area contributed by atoms with Crippen LogP contribution in [0.5, 0.6) is 0 Å². The molecule has 2 aromatic heterocycles. The monoisotopic (exact) mass is 524 g/mol. The van der Waals surface area contributed by atoms with Crippen LogP contribution in [-0.4, -0.2) is 68.8 Å². The second-order valence-corrected chi connectivity index (χ2v) is 10.7. The van der Waals surface area contributed by atoms with Gasteiger partial charge in [0.25, 0.3) is 0 Å². The van der Waals surface area contributed by atoms with Crippen molar-refractivity contribution in [2.24, 2.45) is 5.14 Å². The van der Waals surface area contributed by atoms with Gasteiger partial charge in [-0.25, -0.2) is 28.5 Å². The van der Waals surface area contributed by atoms with Gasteiger partial charge in [-0.2, -0.15) is 0 Å². The van der Waals surface area contributed by atoms with Gasteiger partial charge in [-0.1, -0.05) is 60.7 Å². The molecule has 1 aliphatic rings. The highest BCUT2D eigenvalue weighted by atomic mass is 32.2. The number of aliphatic hydroxyl groups excluding tert-OH is 2. The molecule has 37 heavy (non-hydrogen) atoms. The average Bonchev–Trinajstić information content (AvgIpc) is 3.45. The van der Waals surface area contributed by atoms with E-state index in [9.17, 15) is 18.6 Å². The summed E-state index contributed by atoms with van der Waals surface area (Å²) in [5.41, 5.74) is 3.18. The van der Waals surface area contributed by atoms with E-state index in [-0.39, 0.29) is 18.1 Å². The highest BCUT2D eigenvalue weighted by Crippen LogP contribution is 2.34. The zero-order valence-corrected chi connectivity index (χ0v) is 20.6. The Morgan fingerprint density at radius 1 is 0.973 bits per heavy atom. The number of hydrogen-bond acceptors (Lipinski definition) is 9. The molecule has 0 radical (unpaired) electrons. The third-order valence-electron chi connectivity index (χ3n) is 6.53. The van der Waals surface area contributed by atoms with E-state index in [0.717, 1.165) is 11.1 Å². The Morgan fingerprint density at radius 3 is 2.24 bits per heavy atom. The Bertz CT molecular complexity index is 1410. The predicted octanol–water partition coefficient (Wildman–Crippen LogP) is 1.37. The predicted molar refractivity (Wildman–Crippen MR) is 137 cm³/mol. The van der Waals surface area contributed by atoms with Crippen LogP contribution < -0.4 is 10.5 Å². The minimum atomic E-state index is -3.74. The first-order chi connectivity index (χ1) is 17.8. The highest BCUT2D eigenvalue weighted by Gasteiger charge is 2.44. The normalized spacial score (nSPS) is 22.1. The number of rotatable bonds is 9. The van der Waals surface area contributed by atoms with Crippen molar-refractivity contribution in [3.8, 4) is 0 Å². The molecule has 2 aromatic carbocycles. The quantitative estimate of drug-likeness (QED) is 0.253. The fourth-order valence-corrected chi connectivity index (χ4v) is 5.20. The Balaban J connectivity index is 1.38. The third kappa shape index (κ3) is 5.48. The Labute approximate surface area is 214 Å². The summed E-state index contributed by atoms with van der Waals surface area (Å²) < 4.78 is 30.0. The molecule has 1 aliphatic heterocycles. The van der Waals surface area contributed by atoms with Gasteiger partial charge in [0.1, 0.15) is 18.5 Å². The summed E-state index contributed by atoms with van der Waals surface area (Å²) >= 11 is 0. The number of nitrogens with two attached hydrogens (primary N) is 1. The number of fused-ring (bicyclic) bond motifs is 1. The fraction of sp³-hybridized carbons (Fsp3) is 0.320. The molecular weight excluding hydrogens is 496 g/mol. The number of hydrogen-bond donors (Lipinski definition) is 4. The molecule has 5 N–H and O–H groups in total. The van der Waals surface area contributed by atoms with Crippen molar-refractivity contribution >= 4 is 27.0 Å². The molecule has 0 aliphatic carbocycles. The van der Waals surface area contributed by atoms with Crippen LogP contribution in [0.3, 0.4) is 0 Å². The molecule has 5 rings (SSSR count). The van der Waals surface area contributed by atoms with E-state index in [4.69, 9.17) is 9.88 Å². The molecule has 0 bridgehead atoms. The second kappa shape index (κ2) is 10.5. The maximum absolute atomic E-state index is 11.3. The molecule has 12 heteroatoms. The van der Waals surface area contributed by atoms with Crippen LogP contribution in [0.1, 0.15) is 29.7 Å². The summed E-state index contributed by atoms with van der Waals surface area (Å²) in [5.74, 6) is 0.197. The number of benzene rings is 2. The lowest BCUT2D eigenvalue weighted by atomic mass is 9.91. The van der Waals surface area contributed by atoms with Crippen LogP contribution >= 0.6 is 0 Å². The van der Waals surface area contributed by atoms with Crippen molar-refractivity contribution in [2.75, 3.05) is 17.6 Å². The molecule has 194 valence electrons. The van der Waals surface area contributed by atoms with Gasteiger partial charge in [0.2, 0.25) is 10.0 Å². The number of aromatic nitrogens is 4. The van der Waals surface area contributed by atoms with E-state index in [1.807, 2.05) is 36.4 Å². The molecule has 4 aromatic rings. The van der Waals surface area contributed by atoms with Gasteiger partial charge < -0.3 is 20.3 Å². The van der Waals surface area contributed by atoms with Gasteiger partial charge in [0.05, 0.1) is 18.2 Å². The molecule has 0 saturated carbocycles. The SMILES string of the molecule is NS(=O)(=O)CC[C@H]1O[C@@H](n2cnc3c(NCC(c4ccccc4)c4ccccc4)ncnc32)[C@H](O)[C@@H]1O. The standard InChI is InChI=1S/C25H28N6O5S/c26-37(34,35)12-11-19-21(32)22(33)25(36-19)31-15-30-20-23(28-14-29-24(20)31)27-13-18(16-7-3-1-4-8-16)17-9-5-2-6-10-17/h1-10,14-15,18-19,21-22,25,32-33H,11-13H2,(H2,26,34,35)(H,27,28,29)/t19-,21-,22-,25-/m1/s1. The van der Waals surface area contributed by atoms with Crippen LogP contribution in [-0.2, 0) is 14.8 Å². The fourth-order valence-electron chi connectivity index (χ4n) is 4.64. The van der Waals surface area contributed by atoms with E-state index < -0.39 is 34.6 Å². The van der Waals surface area contributed by atoms with Gasteiger partial charge in [-0.3, -0.25) is 4.57 Å². The molecule has 1 saturated heterocycles. The largest absolute Gasteiger partial charge is 0.388 e. The average molecular weight is 525 g/mol. The van der Waals surface area contributed by atoms with E-state index in [2.05, 4.69) is 44.5 Å². The van der Waals surface area contributed by atoms with E-state index >= 15 is 0 Å². The van der Waals surface area contributed by atoms with Gasteiger partial charge in [-0.05, 0) is 17.5 Å². The lowest BCUT2D eigenvalue weighted by molar-refractivity contribution is -0.0353. The minimum absolute atomic E-state index is 0.0532. The summed E-state index contributed by atoms with van der Waals surface area (Å²) in [4.78, 5) is 13.1. The second-order valence-electron chi connectivity index (χ2n) is 9.00. The number of sulfonamides is 1. The number of nitrogens with zero attached hydrogens (tertiary/aromatic N) is 4. The summed E-state index contributed by atoms with van der Waals surface area (Å²) in [7, 11) is -3.74. The number of aliphatic hydroxyl groups is 2. The molecule has 3 heterocycles. The Morgan fingerprint density at radius 2 is 1.62 bits per heavy atom. The van der Waals surface area contributed by atoms with E-state index in [1.165, 1.54) is 17.2 Å². The third-order valence-corrected chi connectivity index (χ3v) is 7.34. The van der Waals surface area contributed by atoms with Crippen molar-refractivity contribution in [1.29, 1.82) is 0 Å². The van der Waals surface area contributed by atoms with Crippen LogP contribution in [0.25, 0.3) is 11.2 Å². The molecular formula is C25H28N6O5S. The van der Waals surface area contributed by atoms with Crippen LogP contribution in [0.15, 0.2) is 73.3 Å². The van der Waals surface area contributed by atoms with Gasteiger partial charge in [0, 0.05) is 12.5 Å². The molecule has 0 amide bonds. The van der Waals surface area contributed by atoms with E-state index in [1.54, 1.807) is 0 Å². The molecule has 4 atom stereocenters. The first-order valence-electron chi connectivity index (χ1n) is 11.8. The maximum Gasteiger partial charge on any atom is 0.209 e. The Kier molecular flexibility index (Phi) is 7.17. The zero-order valence-electron chi connectivity index (χ0n) is 19.8. The van der Waals surface area contributed by atoms with Crippen LogP contribution in [0.2, 0.25) is 0 Å². The van der Waals surface area contributed by atoms with Crippen molar-refractivity contribution in [1.82, 2.24) is 19.5 Å². The maximum atomic E-state index is 11.3. The van der Waals surface area contributed by atoms with Gasteiger partial charge >= 0.3 is 0 Å². The summed E-state index contributed by atoms with van der Waals surface area (Å²) in [6.45, 7) is 0.546. The van der Waals surface area contributed by atoms with Crippen molar-refractivity contribution in [3.63, 3.8) is 0 Å². The number of anilines is 1. The number of ether oxygens (including phenoxy) is 1. The van der Waals surface area contributed by atoms with Crippen molar-refractivity contribution < 1.29 is 23.4 Å². The lowest BCUT2D eigenvalue weighted by Gasteiger charge is -2.19. The van der Waals surface area contributed by atoms with Gasteiger partial charge in [0.15, 0.2) is 23.2 Å². The van der Waals surface area contributed by atoms with Crippen LogP contribution in [0, 0.1) is 0 Å². The topological polar surface area (TPSA) is 165 Å². The summed E-state index contributed by atoms with van der Waals surface area (Å²) in [6.07, 6.45) is -1.72. The molecule has 11 nitrogen and oxygen atoms in total. The first-order valence-corrected chi connectivity index (χ1v) is 13.6. The van der Waals surface area contributed by atoms with Crippen molar-refractivity contribution in [2.45, 2.75) is 36.9 Å². The zero-order chi connectivity index (χ0) is 26.0. The van der Waals surface area contributed by atoms with E-state index in [0.29, 0.717) is 23.5 Å². The molecule has 1 fully saturated rings. The first kappa shape index (κ1) is 25.2. The number of primary sulfonamides is 1. The highest BCUT2D eigenvalue weighted by molar-refractivity contribution is 7.89.